The Labute approximate surface area is 106 Å². The summed E-state index contributed by atoms with van der Waals surface area (Å²) in [5.74, 6) is -0.352. The van der Waals surface area contributed by atoms with Crippen molar-refractivity contribution in [2.45, 2.75) is 58.3 Å². The number of carbonyl (C=O) groups is 1. The minimum Gasteiger partial charge on any atom is -0.468 e. The topological polar surface area (TPSA) is 38.3 Å². The minimum absolute atomic E-state index is 0.0301. The molecule has 0 aromatic carbocycles. The molecule has 0 aliphatic heterocycles. The molecule has 0 aromatic rings. The van der Waals surface area contributed by atoms with Crippen molar-refractivity contribution in [3.8, 4) is 0 Å². The number of rotatable bonds is 7. The highest BCUT2D eigenvalue weighted by atomic mass is 19.4. The van der Waals surface area contributed by atoms with Gasteiger partial charge in [0.25, 0.3) is 0 Å². The highest BCUT2D eigenvalue weighted by molar-refractivity contribution is 5.75. The Hall–Kier alpha value is -0.780. The second kappa shape index (κ2) is 7.61. The Balaban J connectivity index is 4.11. The molecule has 0 spiro atoms. The third-order valence-corrected chi connectivity index (χ3v) is 2.68. The summed E-state index contributed by atoms with van der Waals surface area (Å²) < 4.78 is 40.6. The summed E-state index contributed by atoms with van der Waals surface area (Å²) in [6, 6.07) is -0.630. The Morgan fingerprint density at radius 1 is 1.28 bits per heavy atom. The van der Waals surface area contributed by atoms with E-state index in [-0.39, 0.29) is 24.3 Å². The molecule has 0 saturated carbocycles. The molecule has 0 saturated heterocycles. The van der Waals surface area contributed by atoms with Crippen LogP contribution in [0, 0.1) is 5.92 Å². The fourth-order valence-electron chi connectivity index (χ4n) is 1.66. The van der Waals surface area contributed by atoms with Gasteiger partial charge in [-0.15, -0.1) is 0 Å². The summed E-state index contributed by atoms with van der Waals surface area (Å²) >= 11 is 0. The molecule has 6 heteroatoms. The van der Waals surface area contributed by atoms with E-state index in [4.69, 9.17) is 0 Å². The van der Waals surface area contributed by atoms with Gasteiger partial charge in [-0.3, -0.25) is 4.79 Å². The molecular weight excluding hydrogens is 247 g/mol. The standard InChI is InChI=1S/C12H22F3NO2/c1-8(2)10(11(17)18-4)16-9(3)6-5-7-12(13,14)15/h8-10,16H,5-7H2,1-4H3/t9?,10-/m0/s1. The van der Waals surface area contributed by atoms with Gasteiger partial charge in [0.1, 0.15) is 6.04 Å². The lowest BCUT2D eigenvalue weighted by Crippen LogP contribution is -2.46. The molecule has 0 bridgehead atoms. The maximum atomic E-state index is 12.0. The van der Waals surface area contributed by atoms with Crippen LogP contribution in [0.4, 0.5) is 13.2 Å². The second-order valence-electron chi connectivity index (χ2n) is 4.82. The van der Waals surface area contributed by atoms with Crippen molar-refractivity contribution >= 4 is 5.97 Å². The zero-order valence-corrected chi connectivity index (χ0v) is 11.3. The number of methoxy groups -OCH3 is 1. The smallest absolute Gasteiger partial charge is 0.389 e. The van der Waals surface area contributed by atoms with Crippen LogP contribution in [0.3, 0.4) is 0 Å². The molecular formula is C12H22F3NO2. The second-order valence-corrected chi connectivity index (χ2v) is 4.82. The van der Waals surface area contributed by atoms with Crippen molar-refractivity contribution in [2.24, 2.45) is 5.92 Å². The van der Waals surface area contributed by atoms with E-state index in [9.17, 15) is 18.0 Å². The van der Waals surface area contributed by atoms with E-state index >= 15 is 0 Å². The van der Waals surface area contributed by atoms with Gasteiger partial charge in [-0.25, -0.2) is 0 Å². The molecule has 0 fully saturated rings. The first-order chi connectivity index (χ1) is 8.17. The molecule has 0 aromatic heterocycles. The van der Waals surface area contributed by atoms with Gasteiger partial charge in [0.15, 0.2) is 0 Å². The SMILES string of the molecule is COC(=O)[C@@H](NC(C)CCCC(F)(F)F)C(C)C. The van der Waals surface area contributed by atoms with Crippen LogP contribution in [-0.2, 0) is 9.53 Å². The van der Waals surface area contributed by atoms with Crippen LogP contribution in [-0.4, -0.2) is 31.3 Å². The quantitative estimate of drug-likeness (QED) is 0.722. The minimum atomic E-state index is -4.11. The van der Waals surface area contributed by atoms with Gasteiger partial charge in [-0.2, -0.15) is 13.2 Å². The van der Waals surface area contributed by atoms with Gasteiger partial charge in [0.2, 0.25) is 0 Å². The first-order valence-corrected chi connectivity index (χ1v) is 6.08. The van der Waals surface area contributed by atoms with Gasteiger partial charge < -0.3 is 10.1 Å². The van der Waals surface area contributed by atoms with Crippen molar-refractivity contribution in [2.75, 3.05) is 7.11 Å². The number of hydrogen-bond acceptors (Lipinski definition) is 3. The van der Waals surface area contributed by atoms with Crippen molar-refractivity contribution in [3.05, 3.63) is 0 Å². The first kappa shape index (κ1) is 17.2. The molecule has 0 radical (unpaired) electrons. The van der Waals surface area contributed by atoms with Crippen LogP contribution >= 0.6 is 0 Å². The third-order valence-electron chi connectivity index (χ3n) is 2.68. The van der Waals surface area contributed by atoms with E-state index in [1.165, 1.54) is 7.11 Å². The summed E-state index contributed by atoms with van der Waals surface area (Å²) in [5.41, 5.74) is 0. The number of esters is 1. The predicted octanol–water partition coefficient (Wildman–Crippen LogP) is 2.89. The lowest BCUT2D eigenvalue weighted by atomic mass is 10.0. The van der Waals surface area contributed by atoms with E-state index in [0.717, 1.165) is 0 Å². The zero-order chi connectivity index (χ0) is 14.3. The van der Waals surface area contributed by atoms with Crippen molar-refractivity contribution in [1.29, 1.82) is 0 Å². The van der Waals surface area contributed by atoms with Crippen molar-refractivity contribution in [1.82, 2.24) is 5.32 Å². The number of halogens is 3. The lowest BCUT2D eigenvalue weighted by molar-refractivity contribution is -0.145. The Morgan fingerprint density at radius 2 is 1.83 bits per heavy atom. The third kappa shape index (κ3) is 7.53. The first-order valence-electron chi connectivity index (χ1n) is 6.08. The van der Waals surface area contributed by atoms with Gasteiger partial charge in [-0.05, 0) is 25.7 Å². The maximum absolute atomic E-state index is 12.0. The van der Waals surface area contributed by atoms with Gasteiger partial charge in [0, 0.05) is 12.5 Å². The molecule has 108 valence electrons. The van der Waals surface area contributed by atoms with Crippen LogP contribution in [0.15, 0.2) is 0 Å². The fourth-order valence-corrected chi connectivity index (χ4v) is 1.66. The van der Waals surface area contributed by atoms with Gasteiger partial charge in [-0.1, -0.05) is 13.8 Å². The highest BCUT2D eigenvalue weighted by Crippen LogP contribution is 2.22. The zero-order valence-electron chi connectivity index (χ0n) is 11.3. The Kier molecular flexibility index (Phi) is 7.28. The molecule has 0 heterocycles. The molecule has 2 atom stereocenters. The predicted molar refractivity (Wildman–Crippen MR) is 63.1 cm³/mol. The number of carbonyl (C=O) groups excluding carboxylic acids is 1. The summed E-state index contributed by atoms with van der Waals surface area (Å²) in [4.78, 5) is 11.5. The monoisotopic (exact) mass is 269 g/mol. The number of nitrogens with one attached hydrogen (secondary N) is 1. The highest BCUT2D eigenvalue weighted by Gasteiger charge is 2.28. The van der Waals surface area contributed by atoms with E-state index in [2.05, 4.69) is 10.1 Å². The number of ether oxygens (including phenoxy) is 1. The summed E-state index contributed by atoms with van der Waals surface area (Å²) in [6.07, 6.45) is -4.47. The van der Waals surface area contributed by atoms with Crippen LogP contribution in [0.1, 0.15) is 40.0 Å². The molecule has 3 nitrogen and oxygen atoms in total. The molecule has 0 aliphatic rings. The molecule has 18 heavy (non-hydrogen) atoms. The van der Waals surface area contributed by atoms with Gasteiger partial charge in [0.05, 0.1) is 7.11 Å². The molecule has 0 amide bonds. The molecule has 1 N–H and O–H groups in total. The Bertz CT molecular complexity index is 254. The van der Waals surface area contributed by atoms with Gasteiger partial charge >= 0.3 is 12.1 Å². The molecule has 0 aliphatic carbocycles. The summed E-state index contributed by atoms with van der Waals surface area (Å²) in [6.45, 7) is 5.49. The molecule has 1 unspecified atom stereocenters. The van der Waals surface area contributed by atoms with Crippen molar-refractivity contribution < 1.29 is 22.7 Å². The van der Waals surface area contributed by atoms with Crippen molar-refractivity contribution in [3.63, 3.8) is 0 Å². The van der Waals surface area contributed by atoms with E-state index in [1.54, 1.807) is 6.92 Å². The maximum Gasteiger partial charge on any atom is 0.389 e. The normalized spacial score (nSPS) is 15.6. The average Bonchev–Trinajstić information content (AvgIpc) is 2.22. The van der Waals surface area contributed by atoms with Crippen LogP contribution in [0.5, 0.6) is 0 Å². The summed E-state index contributed by atoms with van der Waals surface area (Å²) in [7, 11) is 1.30. The lowest BCUT2D eigenvalue weighted by Gasteiger charge is -2.24. The average molecular weight is 269 g/mol. The van der Waals surface area contributed by atoms with E-state index in [0.29, 0.717) is 6.42 Å². The van der Waals surface area contributed by atoms with E-state index in [1.807, 2.05) is 13.8 Å². The summed E-state index contributed by atoms with van der Waals surface area (Å²) in [5, 5.41) is 3.01. The fraction of sp³-hybridized carbons (Fsp3) is 0.917. The number of hydrogen-bond donors (Lipinski definition) is 1. The van der Waals surface area contributed by atoms with Crippen LogP contribution < -0.4 is 5.32 Å². The Morgan fingerprint density at radius 3 is 2.22 bits per heavy atom. The van der Waals surface area contributed by atoms with Crippen LogP contribution in [0.25, 0.3) is 0 Å². The largest absolute Gasteiger partial charge is 0.468 e. The van der Waals surface area contributed by atoms with Crippen LogP contribution in [0.2, 0.25) is 0 Å². The van der Waals surface area contributed by atoms with E-state index < -0.39 is 18.6 Å². The number of alkyl halides is 3. The molecule has 0 rings (SSSR count).